The van der Waals surface area contributed by atoms with Gasteiger partial charge in [-0.15, -0.1) is 0 Å². The Bertz CT molecular complexity index is 1020. The number of carbonyl (C=O) groups is 2. The highest BCUT2D eigenvalue weighted by Crippen LogP contribution is 2.32. The fourth-order valence-electron chi connectivity index (χ4n) is 3.14. The van der Waals surface area contributed by atoms with E-state index in [9.17, 15) is 9.59 Å². The maximum Gasteiger partial charge on any atom is 0.323 e. The van der Waals surface area contributed by atoms with Gasteiger partial charge in [0.25, 0.3) is 5.91 Å². The van der Waals surface area contributed by atoms with Crippen LogP contribution in [0.3, 0.4) is 0 Å². The molecule has 6 nitrogen and oxygen atoms in total. The van der Waals surface area contributed by atoms with Crippen LogP contribution in [0.5, 0.6) is 0 Å². The summed E-state index contributed by atoms with van der Waals surface area (Å²) in [6.45, 7) is 0.601. The van der Waals surface area contributed by atoms with Crippen molar-refractivity contribution in [3.05, 3.63) is 83.1 Å². The zero-order valence-electron chi connectivity index (χ0n) is 14.9. The SMILES string of the molecule is O=C(Nc1ccc(Cl)cc1)Nc1ccc2c(c1)N(C(=O)c1cccnc1)CC2. The molecule has 0 bridgehead atoms. The Labute approximate surface area is 167 Å². The number of pyridine rings is 1. The maximum atomic E-state index is 12.8. The molecule has 3 amide bonds. The maximum absolute atomic E-state index is 12.8. The summed E-state index contributed by atoms with van der Waals surface area (Å²) in [6, 6.07) is 15.5. The minimum absolute atomic E-state index is 0.102. The molecular formula is C21H17ClN4O2. The number of fused-ring (bicyclic) bond motifs is 1. The second-order valence-corrected chi connectivity index (χ2v) is 6.81. The van der Waals surface area contributed by atoms with Crippen molar-refractivity contribution in [1.82, 2.24) is 4.98 Å². The molecular weight excluding hydrogens is 376 g/mol. The van der Waals surface area contributed by atoms with Gasteiger partial charge < -0.3 is 15.5 Å². The van der Waals surface area contributed by atoms with E-state index in [4.69, 9.17) is 11.6 Å². The second kappa shape index (κ2) is 7.70. The van der Waals surface area contributed by atoms with Crippen LogP contribution in [0, 0.1) is 0 Å². The molecule has 0 unspecified atom stereocenters. The Morgan fingerprint density at radius 1 is 1.00 bits per heavy atom. The predicted octanol–water partition coefficient (Wildman–Crippen LogP) is 4.58. The number of halogens is 1. The van der Waals surface area contributed by atoms with Crippen molar-refractivity contribution in [2.75, 3.05) is 22.1 Å². The van der Waals surface area contributed by atoms with Crippen molar-refractivity contribution in [2.45, 2.75) is 6.42 Å². The Kier molecular flexibility index (Phi) is 4.95. The number of benzene rings is 2. The van der Waals surface area contributed by atoms with Crippen molar-refractivity contribution in [3.63, 3.8) is 0 Å². The van der Waals surface area contributed by atoms with Crippen molar-refractivity contribution >= 4 is 40.6 Å². The average Bonchev–Trinajstić information content (AvgIpc) is 3.13. The Hall–Kier alpha value is -3.38. The molecule has 0 saturated carbocycles. The molecule has 0 saturated heterocycles. The van der Waals surface area contributed by atoms with Crippen molar-refractivity contribution in [1.29, 1.82) is 0 Å². The summed E-state index contributed by atoms with van der Waals surface area (Å²) < 4.78 is 0. The number of nitrogens with zero attached hydrogens (tertiary/aromatic N) is 2. The number of rotatable bonds is 3. The van der Waals surface area contributed by atoms with Crippen LogP contribution in [0.2, 0.25) is 5.02 Å². The fourth-order valence-corrected chi connectivity index (χ4v) is 3.27. The molecule has 2 aromatic carbocycles. The largest absolute Gasteiger partial charge is 0.323 e. The van der Waals surface area contributed by atoms with Crippen molar-refractivity contribution < 1.29 is 9.59 Å². The molecule has 0 aliphatic carbocycles. The average molecular weight is 393 g/mol. The standard InChI is InChI=1S/C21H17ClN4O2/c22-16-4-7-17(8-5-16)24-21(28)25-18-6-3-14-9-11-26(19(14)12-18)20(27)15-2-1-10-23-13-15/h1-8,10,12-13H,9,11H2,(H2,24,25,28). The van der Waals surface area contributed by atoms with Crippen molar-refractivity contribution in [2.24, 2.45) is 0 Å². The summed E-state index contributed by atoms with van der Waals surface area (Å²) in [7, 11) is 0. The van der Waals surface area contributed by atoms with Gasteiger partial charge in [-0.3, -0.25) is 9.78 Å². The van der Waals surface area contributed by atoms with Gasteiger partial charge in [0.15, 0.2) is 0 Å². The molecule has 0 spiro atoms. The number of hydrogen-bond acceptors (Lipinski definition) is 3. The smallest absolute Gasteiger partial charge is 0.308 e. The third-order valence-corrected chi connectivity index (χ3v) is 4.75. The number of hydrogen-bond donors (Lipinski definition) is 2. The van der Waals surface area contributed by atoms with Crippen LogP contribution in [0.25, 0.3) is 0 Å². The molecule has 7 heteroatoms. The summed E-state index contributed by atoms with van der Waals surface area (Å²) in [6.07, 6.45) is 3.97. The summed E-state index contributed by atoms with van der Waals surface area (Å²) in [4.78, 5) is 30.8. The first-order valence-electron chi connectivity index (χ1n) is 8.78. The van der Waals surface area contributed by atoms with Crippen molar-refractivity contribution in [3.8, 4) is 0 Å². The summed E-state index contributed by atoms with van der Waals surface area (Å²) in [5.41, 5.74) is 3.65. The Morgan fingerprint density at radius 2 is 1.75 bits per heavy atom. The number of nitrogens with one attached hydrogen (secondary N) is 2. The lowest BCUT2D eigenvalue weighted by Crippen LogP contribution is -2.29. The van der Waals surface area contributed by atoms with E-state index in [1.165, 1.54) is 0 Å². The quantitative estimate of drug-likeness (QED) is 0.685. The molecule has 1 aromatic heterocycles. The van der Waals surface area contributed by atoms with Gasteiger partial charge in [-0.1, -0.05) is 17.7 Å². The Morgan fingerprint density at radius 3 is 2.50 bits per heavy atom. The van der Waals surface area contributed by atoms with Crippen LogP contribution >= 0.6 is 11.6 Å². The molecule has 0 fully saturated rings. The second-order valence-electron chi connectivity index (χ2n) is 6.38. The molecule has 2 N–H and O–H groups in total. The van der Waals surface area contributed by atoms with Gasteiger partial charge in [0.2, 0.25) is 0 Å². The lowest BCUT2D eigenvalue weighted by molar-refractivity contribution is 0.0989. The van der Waals surface area contributed by atoms with E-state index in [2.05, 4.69) is 15.6 Å². The molecule has 140 valence electrons. The highest BCUT2D eigenvalue weighted by molar-refractivity contribution is 6.30. The zero-order chi connectivity index (χ0) is 19.5. The van der Waals surface area contributed by atoms with E-state index in [-0.39, 0.29) is 11.9 Å². The van der Waals surface area contributed by atoms with Crippen LogP contribution in [-0.4, -0.2) is 23.5 Å². The molecule has 1 aliphatic rings. The number of aromatic nitrogens is 1. The van der Waals surface area contributed by atoms with Gasteiger partial charge >= 0.3 is 6.03 Å². The molecule has 28 heavy (non-hydrogen) atoms. The van der Waals surface area contributed by atoms with E-state index >= 15 is 0 Å². The molecule has 2 heterocycles. The van der Waals surface area contributed by atoms with E-state index in [1.807, 2.05) is 18.2 Å². The first kappa shape index (κ1) is 18.0. The van der Waals surface area contributed by atoms with E-state index in [0.717, 1.165) is 17.7 Å². The van der Waals surface area contributed by atoms with Crippen LogP contribution in [0.15, 0.2) is 67.0 Å². The van der Waals surface area contributed by atoms with Crippen LogP contribution in [0.4, 0.5) is 21.9 Å². The highest BCUT2D eigenvalue weighted by atomic mass is 35.5. The zero-order valence-corrected chi connectivity index (χ0v) is 15.6. The summed E-state index contributed by atoms with van der Waals surface area (Å²) in [5.74, 6) is -0.102. The number of urea groups is 1. The molecule has 4 rings (SSSR count). The first-order valence-corrected chi connectivity index (χ1v) is 9.16. The molecule has 3 aromatic rings. The van der Waals surface area contributed by atoms with Crippen LogP contribution < -0.4 is 15.5 Å². The van der Waals surface area contributed by atoms with Gasteiger partial charge in [0.1, 0.15) is 0 Å². The summed E-state index contributed by atoms with van der Waals surface area (Å²) in [5, 5.41) is 6.15. The van der Waals surface area contributed by atoms with E-state index < -0.39 is 0 Å². The van der Waals surface area contributed by atoms with Crippen LogP contribution in [-0.2, 0) is 6.42 Å². The van der Waals surface area contributed by atoms with Crippen LogP contribution in [0.1, 0.15) is 15.9 Å². The highest BCUT2D eigenvalue weighted by Gasteiger charge is 2.26. The molecule has 0 atom stereocenters. The topological polar surface area (TPSA) is 74.3 Å². The first-order chi connectivity index (χ1) is 13.6. The third-order valence-electron chi connectivity index (χ3n) is 4.49. The minimum Gasteiger partial charge on any atom is -0.308 e. The summed E-state index contributed by atoms with van der Waals surface area (Å²) >= 11 is 5.85. The van der Waals surface area contributed by atoms with E-state index in [0.29, 0.717) is 28.5 Å². The van der Waals surface area contributed by atoms with Gasteiger partial charge in [0.05, 0.1) is 5.56 Å². The minimum atomic E-state index is -0.370. The third kappa shape index (κ3) is 3.82. The normalized spacial score (nSPS) is 12.4. The molecule has 0 radical (unpaired) electrons. The molecule has 1 aliphatic heterocycles. The lowest BCUT2D eigenvalue weighted by Gasteiger charge is -2.18. The number of carbonyl (C=O) groups excluding carboxylic acids is 2. The van der Waals surface area contributed by atoms with Gasteiger partial charge in [-0.2, -0.15) is 0 Å². The van der Waals surface area contributed by atoms with Gasteiger partial charge in [-0.05, 0) is 60.5 Å². The lowest BCUT2D eigenvalue weighted by atomic mass is 10.1. The van der Waals surface area contributed by atoms with Gasteiger partial charge in [0, 0.05) is 41.0 Å². The number of anilines is 3. The van der Waals surface area contributed by atoms with E-state index in [1.54, 1.807) is 53.7 Å². The predicted molar refractivity (Wildman–Crippen MR) is 110 cm³/mol. The Balaban J connectivity index is 1.49. The number of amides is 3. The monoisotopic (exact) mass is 392 g/mol. The fraction of sp³-hybridized carbons (Fsp3) is 0.0952. The van der Waals surface area contributed by atoms with Gasteiger partial charge in [-0.25, -0.2) is 4.79 Å².